The maximum Gasteiger partial charge on any atom is 0.292 e. The van der Waals surface area contributed by atoms with Crippen molar-refractivity contribution in [1.29, 1.82) is 0 Å². The lowest BCUT2D eigenvalue weighted by atomic mass is 10.1. The van der Waals surface area contributed by atoms with Crippen molar-refractivity contribution in [2.24, 2.45) is 0 Å². The van der Waals surface area contributed by atoms with Crippen LogP contribution >= 0.6 is 11.6 Å². The largest absolute Gasteiger partial charge is 0.710 e. The molecule has 3 aromatic heterocycles. The van der Waals surface area contributed by atoms with Crippen LogP contribution in [0.25, 0.3) is 22.4 Å². The summed E-state index contributed by atoms with van der Waals surface area (Å²) in [6.07, 6.45) is 2.57. The number of ether oxygens (including phenoxy) is 1. The fraction of sp³-hybridized carbons (Fsp3) is 0.697. The van der Waals surface area contributed by atoms with Gasteiger partial charge in [-0.25, -0.2) is 14.7 Å². The van der Waals surface area contributed by atoms with E-state index in [9.17, 15) is 5.21 Å². The van der Waals surface area contributed by atoms with Gasteiger partial charge in [-0.1, -0.05) is 73.9 Å². The molecule has 0 radical (unpaired) electrons. The molecule has 1 aliphatic heterocycles. The minimum Gasteiger partial charge on any atom is -0.710 e. The number of hydrogen-bond donors (Lipinski definition) is 0. The lowest BCUT2D eigenvalue weighted by molar-refractivity contribution is -0.595. The van der Waals surface area contributed by atoms with Gasteiger partial charge >= 0.3 is 0 Å². The summed E-state index contributed by atoms with van der Waals surface area (Å²) >= 11 is 6.46. The Morgan fingerprint density at radius 1 is 0.851 bits per heavy atom. The molecule has 4 rings (SSSR count). The predicted octanol–water partition coefficient (Wildman–Crippen LogP) is 8.48. The van der Waals surface area contributed by atoms with E-state index in [-0.39, 0.29) is 26.0 Å². The van der Waals surface area contributed by atoms with Crippen LogP contribution in [0.5, 0.6) is 0 Å². The Morgan fingerprint density at radius 3 is 1.94 bits per heavy atom. The van der Waals surface area contributed by atoms with Gasteiger partial charge < -0.3 is 23.2 Å². The summed E-state index contributed by atoms with van der Waals surface area (Å²) in [7, 11) is -6.81. The van der Waals surface area contributed by atoms with Crippen LogP contribution in [-0.4, -0.2) is 69.4 Å². The Hall–Kier alpha value is -1.72. The van der Waals surface area contributed by atoms with Crippen molar-refractivity contribution in [2.45, 2.75) is 141 Å². The quantitative estimate of drug-likeness (QED) is 0.0938. The van der Waals surface area contributed by atoms with Crippen molar-refractivity contribution in [2.75, 3.05) is 6.61 Å². The lowest BCUT2D eigenvalue weighted by Crippen LogP contribution is -2.54. The third-order valence-electron chi connectivity index (χ3n) is 11.0. The zero-order valence-electron chi connectivity index (χ0n) is 31.1. The van der Waals surface area contributed by atoms with Gasteiger partial charge in [-0.15, -0.1) is 0 Å². The maximum absolute atomic E-state index is 13.1. The van der Waals surface area contributed by atoms with E-state index in [1.807, 2.05) is 4.57 Å². The highest BCUT2D eigenvalue weighted by Crippen LogP contribution is 2.47. The van der Waals surface area contributed by atoms with E-state index in [0.29, 0.717) is 28.1 Å². The molecule has 1 saturated heterocycles. The molecule has 10 nitrogen and oxygen atoms in total. The molecule has 0 unspecified atom stereocenters. The molecule has 262 valence electrons. The molecule has 1 fully saturated rings. The van der Waals surface area contributed by atoms with Crippen LogP contribution in [0.1, 0.15) is 68.5 Å². The first kappa shape index (κ1) is 38.1. The van der Waals surface area contributed by atoms with Gasteiger partial charge in [0.1, 0.15) is 29.8 Å². The number of pyridine rings is 1. The minimum atomic E-state index is -2.36. The molecule has 4 atom stereocenters. The molecule has 3 aromatic rings. The number of fused-ring (bicyclic) bond motifs is 1. The molecule has 0 amide bonds. The fourth-order valence-corrected chi connectivity index (χ4v) is 8.62. The second-order valence-electron chi connectivity index (χ2n) is 17.4. The molecule has 1 aliphatic rings. The molecular weight excluding hydrogens is 666 g/mol. The SMILES string of the molecule is CC(C)(C)[Si](C)(C)OC[C@H]1O[C@@H](n2cnc3c(-c4cccnc4Cl)[n+]([O-])cnc32)[C@H](O[Si](C)(C)C(C)(C)C)[C@@H]1O[Si](C)(C)C(C)(C)C. The molecule has 0 saturated carbocycles. The number of hydrogen-bond acceptors (Lipinski definition) is 8. The average Bonchev–Trinajstić information content (AvgIpc) is 3.47. The van der Waals surface area contributed by atoms with Gasteiger partial charge in [0.15, 0.2) is 42.4 Å². The molecule has 0 spiro atoms. The van der Waals surface area contributed by atoms with Crippen molar-refractivity contribution in [3.05, 3.63) is 41.3 Å². The number of halogens is 1. The molecule has 4 heterocycles. The standard InChI is InChI=1S/C33H56ClN5O5Si3/c1-31(2,3)45(10,11)41-19-23-26(43-46(12,13)32(4,5)6)27(44-47(14,15)33(7,8)9)30(42-23)38-20-36-24-25(39(40)21-37-29(24)38)22-17-16-18-35-28(22)34/h16-18,20-21,23,26-27,30H,19H2,1-15H3/t23-,26-,27-,30-/m1/s1. The molecule has 14 heteroatoms. The van der Waals surface area contributed by atoms with Crippen LogP contribution in [-0.2, 0) is 18.0 Å². The molecule has 0 N–H and O–H groups in total. The number of aromatic nitrogens is 5. The van der Waals surface area contributed by atoms with Gasteiger partial charge in [0, 0.05) is 6.20 Å². The smallest absolute Gasteiger partial charge is 0.292 e. The molecule has 0 aromatic carbocycles. The zero-order valence-corrected chi connectivity index (χ0v) is 34.8. The highest BCUT2D eigenvalue weighted by molar-refractivity contribution is 6.75. The summed E-state index contributed by atoms with van der Waals surface area (Å²) in [6, 6.07) is 3.49. The number of nitrogens with zero attached hydrogens (tertiary/aromatic N) is 5. The Kier molecular flexibility index (Phi) is 10.4. The van der Waals surface area contributed by atoms with E-state index in [4.69, 9.17) is 34.6 Å². The van der Waals surface area contributed by atoms with Crippen LogP contribution < -0.4 is 4.73 Å². The third kappa shape index (κ3) is 7.57. The average molecular weight is 723 g/mol. The molecular formula is C33H56ClN5O5Si3. The van der Waals surface area contributed by atoms with Crippen molar-refractivity contribution in [3.8, 4) is 11.3 Å². The number of imidazole rings is 1. The van der Waals surface area contributed by atoms with Crippen LogP contribution in [0.15, 0.2) is 31.0 Å². The summed E-state index contributed by atoms with van der Waals surface area (Å²) in [5, 5.41) is 13.3. The summed E-state index contributed by atoms with van der Waals surface area (Å²) < 4.78 is 31.0. The maximum atomic E-state index is 13.1. The third-order valence-corrected chi connectivity index (χ3v) is 24.7. The van der Waals surface area contributed by atoms with Crippen molar-refractivity contribution < 1.29 is 22.7 Å². The van der Waals surface area contributed by atoms with Gasteiger partial charge in [0.25, 0.3) is 12.0 Å². The predicted molar refractivity (Wildman–Crippen MR) is 196 cm³/mol. The van der Waals surface area contributed by atoms with Gasteiger partial charge in [-0.3, -0.25) is 4.57 Å². The first-order chi connectivity index (χ1) is 21.3. The van der Waals surface area contributed by atoms with E-state index in [1.54, 1.807) is 24.7 Å². The van der Waals surface area contributed by atoms with Crippen molar-refractivity contribution >= 4 is 47.7 Å². The molecule has 0 bridgehead atoms. The van der Waals surface area contributed by atoms with Crippen LogP contribution in [0.2, 0.25) is 59.5 Å². The van der Waals surface area contributed by atoms with Gasteiger partial charge in [0.05, 0.1) is 12.2 Å². The van der Waals surface area contributed by atoms with Gasteiger partial charge in [-0.2, -0.15) is 0 Å². The zero-order chi connectivity index (χ0) is 35.5. The Morgan fingerprint density at radius 2 is 1.40 bits per heavy atom. The molecule has 47 heavy (non-hydrogen) atoms. The Balaban J connectivity index is 1.90. The Labute approximate surface area is 289 Å². The van der Waals surface area contributed by atoms with Gasteiger partial charge in [-0.05, 0) is 71.5 Å². The topological polar surface area (TPSA) is 107 Å². The van der Waals surface area contributed by atoms with Crippen LogP contribution in [0, 0.1) is 5.21 Å². The van der Waals surface area contributed by atoms with Crippen molar-refractivity contribution in [3.63, 3.8) is 0 Å². The monoisotopic (exact) mass is 721 g/mol. The highest BCUT2D eigenvalue weighted by Gasteiger charge is 2.55. The number of rotatable bonds is 9. The van der Waals surface area contributed by atoms with Crippen molar-refractivity contribution in [1.82, 2.24) is 19.5 Å². The fourth-order valence-electron chi connectivity index (χ4n) is 4.79. The highest BCUT2D eigenvalue weighted by atomic mass is 35.5. The summed E-state index contributed by atoms with van der Waals surface area (Å²) in [6.45, 7) is 34.1. The summed E-state index contributed by atoms with van der Waals surface area (Å²) in [4.78, 5) is 13.5. The summed E-state index contributed by atoms with van der Waals surface area (Å²) in [5.74, 6) is 0. The van der Waals surface area contributed by atoms with E-state index in [0.717, 1.165) is 0 Å². The van der Waals surface area contributed by atoms with E-state index in [2.05, 4.69) is 112 Å². The van der Waals surface area contributed by atoms with Gasteiger partial charge in [0.2, 0.25) is 0 Å². The second kappa shape index (κ2) is 12.9. The molecule has 0 aliphatic carbocycles. The van der Waals surface area contributed by atoms with Crippen LogP contribution in [0.4, 0.5) is 0 Å². The Bertz CT molecular complexity index is 1580. The summed E-state index contributed by atoms with van der Waals surface area (Å²) in [5.41, 5.74) is 1.63. The van der Waals surface area contributed by atoms with E-state index >= 15 is 0 Å². The normalized spacial score (nSPS) is 22.0. The first-order valence-corrected chi connectivity index (χ1v) is 25.6. The van der Waals surface area contributed by atoms with E-state index in [1.165, 1.54) is 6.33 Å². The second-order valence-corrected chi connectivity index (χ2v) is 32.1. The minimum absolute atomic E-state index is 0.0278. The van der Waals surface area contributed by atoms with E-state index < -0.39 is 49.5 Å². The van der Waals surface area contributed by atoms with Crippen LogP contribution in [0.3, 0.4) is 0 Å². The lowest BCUT2D eigenvalue weighted by Gasteiger charge is -2.44. The first-order valence-electron chi connectivity index (χ1n) is 16.5.